The fourth-order valence-corrected chi connectivity index (χ4v) is 10.2. The molecule has 10 aromatic carbocycles. The number of hydrogen-bond acceptors (Lipinski definition) is 1. The Hall–Kier alpha value is -7.48. The zero-order valence-corrected chi connectivity index (χ0v) is 34.2. The summed E-state index contributed by atoms with van der Waals surface area (Å²) in [5.41, 5.74) is 18.2. The Labute approximate surface area is 356 Å². The van der Waals surface area contributed by atoms with Crippen LogP contribution in [0.3, 0.4) is 0 Å². The first kappa shape index (κ1) is 35.5. The second-order valence-corrected chi connectivity index (χ2v) is 17.2. The van der Waals surface area contributed by atoms with Crippen LogP contribution in [-0.4, -0.2) is 0 Å². The fourth-order valence-electron chi connectivity index (χ4n) is 10.2. The van der Waals surface area contributed by atoms with Crippen molar-refractivity contribution in [2.75, 3.05) is 0 Å². The molecule has 1 nitrogen and oxygen atoms in total. The van der Waals surface area contributed by atoms with Gasteiger partial charge in [0.05, 0.1) is 0 Å². The minimum absolute atomic E-state index is 0.0497. The van der Waals surface area contributed by atoms with Gasteiger partial charge in [0.2, 0.25) is 0 Å². The molecule has 0 saturated carbocycles. The molecule has 1 unspecified atom stereocenters. The maximum atomic E-state index is 6.49. The lowest BCUT2D eigenvalue weighted by molar-refractivity contribution is 0.659. The number of hydrogen-bond donors (Lipinski definition) is 0. The Morgan fingerprint density at radius 2 is 0.902 bits per heavy atom. The summed E-state index contributed by atoms with van der Waals surface area (Å²) in [6, 6.07) is 78.2. The van der Waals surface area contributed by atoms with Gasteiger partial charge in [-0.1, -0.05) is 202 Å². The monoisotopic (exact) mass is 778 g/mol. The molecule has 0 N–H and O–H groups in total. The second kappa shape index (κ2) is 13.8. The van der Waals surface area contributed by atoms with Crippen molar-refractivity contribution in [3.63, 3.8) is 0 Å². The third-order valence-corrected chi connectivity index (χ3v) is 13.4. The molecule has 12 rings (SSSR count). The molecular formula is C60H42O. The average Bonchev–Trinajstić information content (AvgIpc) is 3.81. The van der Waals surface area contributed by atoms with E-state index in [2.05, 4.69) is 226 Å². The molecule has 0 bridgehead atoms. The van der Waals surface area contributed by atoms with Gasteiger partial charge in [-0.15, -0.1) is 0 Å². The highest BCUT2D eigenvalue weighted by atomic mass is 16.3. The van der Waals surface area contributed by atoms with Crippen LogP contribution in [0.1, 0.15) is 47.6 Å². The van der Waals surface area contributed by atoms with E-state index in [-0.39, 0.29) is 11.3 Å². The third-order valence-electron chi connectivity index (χ3n) is 13.4. The molecule has 0 fully saturated rings. The highest BCUT2D eigenvalue weighted by molar-refractivity contribution is 6.19. The molecule has 1 aromatic heterocycles. The molecule has 1 heterocycles. The first-order valence-corrected chi connectivity index (χ1v) is 21.4. The largest absolute Gasteiger partial charge is 0.456 e. The highest BCUT2D eigenvalue weighted by Gasteiger charge is 2.36. The van der Waals surface area contributed by atoms with E-state index in [1.807, 2.05) is 0 Å². The minimum Gasteiger partial charge on any atom is -0.456 e. The normalized spacial score (nSPS) is 13.5. The first-order chi connectivity index (χ1) is 30.0. The smallest absolute Gasteiger partial charge is 0.136 e. The summed E-state index contributed by atoms with van der Waals surface area (Å²) in [6.07, 6.45) is 0. The molecule has 1 aliphatic rings. The molecule has 61 heavy (non-hydrogen) atoms. The maximum Gasteiger partial charge on any atom is 0.136 e. The fraction of sp³-hybridized carbons (Fsp3) is 0.0667. The first-order valence-electron chi connectivity index (χ1n) is 21.4. The van der Waals surface area contributed by atoms with Gasteiger partial charge in [0.25, 0.3) is 0 Å². The van der Waals surface area contributed by atoms with Crippen LogP contribution in [0.5, 0.6) is 0 Å². The molecule has 1 aliphatic carbocycles. The maximum absolute atomic E-state index is 6.49. The van der Waals surface area contributed by atoms with Gasteiger partial charge < -0.3 is 4.42 Å². The molecule has 1 heteroatoms. The van der Waals surface area contributed by atoms with Crippen LogP contribution in [0.15, 0.2) is 217 Å². The predicted molar refractivity (Wildman–Crippen MR) is 256 cm³/mol. The van der Waals surface area contributed by atoms with Crippen molar-refractivity contribution in [2.24, 2.45) is 0 Å². The van der Waals surface area contributed by atoms with Gasteiger partial charge in [-0.3, -0.25) is 0 Å². The lowest BCUT2D eigenvalue weighted by atomic mass is 9.78. The zero-order valence-electron chi connectivity index (χ0n) is 34.2. The van der Waals surface area contributed by atoms with Crippen LogP contribution in [0, 0.1) is 0 Å². The van der Waals surface area contributed by atoms with Crippen LogP contribution in [0.2, 0.25) is 0 Å². The topological polar surface area (TPSA) is 13.1 Å². The van der Waals surface area contributed by atoms with Crippen molar-refractivity contribution in [3.05, 3.63) is 240 Å². The van der Waals surface area contributed by atoms with Gasteiger partial charge >= 0.3 is 0 Å². The number of rotatable bonds is 6. The van der Waals surface area contributed by atoms with Gasteiger partial charge in [0, 0.05) is 22.1 Å². The molecule has 1 atom stereocenters. The third kappa shape index (κ3) is 5.76. The van der Waals surface area contributed by atoms with Gasteiger partial charge in [-0.05, 0) is 118 Å². The van der Waals surface area contributed by atoms with Crippen molar-refractivity contribution < 1.29 is 4.42 Å². The van der Waals surface area contributed by atoms with Gasteiger partial charge in [-0.25, -0.2) is 0 Å². The summed E-state index contributed by atoms with van der Waals surface area (Å²) < 4.78 is 6.49. The van der Waals surface area contributed by atoms with Crippen molar-refractivity contribution in [3.8, 4) is 44.5 Å². The summed E-state index contributed by atoms with van der Waals surface area (Å²) in [6.45, 7) is 4.78. The molecular weight excluding hydrogens is 737 g/mol. The van der Waals surface area contributed by atoms with E-state index >= 15 is 0 Å². The van der Waals surface area contributed by atoms with Gasteiger partial charge in [0.15, 0.2) is 0 Å². The van der Waals surface area contributed by atoms with E-state index in [1.54, 1.807) is 0 Å². The second-order valence-electron chi connectivity index (χ2n) is 17.2. The van der Waals surface area contributed by atoms with E-state index in [0.717, 1.165) is 22.1 Å². The van der Waals surface area contributed by atoms with Gasteiger partial charge in [0.1, 0.15) is 11.2 Å². The summed E-state index contributed by atoms with van der Waals surface area (Å²) >= 11 is 0. The highest BCUT2D eigenvalue weighted by Crippen LogP contribution is 2.51. The van der Waals surface area contributed by atoms with Crippen LogP contribution in [0.4, 0.5) is 0 Å². The molecule has 0 aliphatic heterocycles. The van der Waals surface area contributed by atoms with Crippen molar-refractivity contribution >= 4 is 43.5 Å². The molecule has 11 aromatic rings. The van der Waals surface area contributed by atoms with Crippen LogP contribution >= 0.6 is 0 Å². The standard InChI is InChI=1S/C60H42O/c1-60(2)54-35-45(46-28-33-53-57(37-46)61-56-34-30-43-14-7-9-17-49(43)59(53)56)27-31-50(54)51-32-29-47(36-55(51)60)58(52-18-10-15-42-13-6-8-16-48(42)52)44-25-23-41(24-26-44)40-21-19-39(20-22-40)38-11-4-3-5-12-38/h3-37,58H,1-2H3. The van der Waals surface area contributed by atoms with Crippen molar-refractivity contribution in [2.45, 2.75) is 25.2 Å². The van der Waals surface area contributed by atoms with E-state index in [4.69, 9.17) is 4.42 Å². The Morgan fingerprint density at radius 1 is 0.361 bits per heavy atom. The Morgan fingerprint density at radius 3 is 1.66 bits per heavy atom. The van der Waals surface area contributed by atoms with E-state index < -0.39 is 0 Å². The summed E-state index contributed by atoms with van der Waals surface area (Å²) in [7, 11) is 0. The molecule has 0 saturated heterocycles. The Bertz CT molecular complexity index is 3470. The van der Waals surface area contributed by atoms with E-state index in [9.17, 15) is 0 Å². The summed E-state index contributed by atoms with van der Waals surface area (Å²) in [5, 5.41) is 7.35. The lowest BCUT2D eigenvalue weighted by Gasteiger charge is -2.25. The lowest BCUT2D eigenvalue weighted by Crippen LogP contribution is -2.16. The minimum atomic E-state index is -0.196. The van der Waals surface area contributed by atoms with Crippen LogP contribution < -0.4 is 0 Å². The average molecular weight is 779 g/mol. The summed E-state index contributed by atoms with van der Waals surface area (Å²) in [4.78, 5) is 0. The molecule has 0 radical (unpaired) electrons. The van der Waals surface area contributed by atoms with Crippen molar-refractivity contribution in [1.29, 1.82) is 0 Å². The predicted octanol–water partition coefficient (Wildman–Crippen LogP) is 16.4. The SMILES string of the molecule is CC1(C)c2cc(-c3ccc4c(c3)oc3ccc5ccccc5c34)ccc2-c2ccc(C(c3ccc(-c4ccc(-c5ccccc5)cc4)cc3)c3cccc4ccccc34)cc21. The quantitative estimate of drug-likeness (QED) is 0.153. The summed E-state index contributed by atoms with van der Waals surface area (Å²) in [5.74, 6) is 0.0497. The van der Waals surface area contributed by atoms with Gasteiger partial charge in [-0.2, -0.15) is 0 Å². The van der Waals surface area contributed by atoms with E-state index in [1.165, 1.54) is 93.7 Å². The van der Waals surface area contributed by atoms with Crippen LogP contribution in [0.25, 0.3) is 88.0 Å². The Kier molecular flexibility index (Phi) is 8.02. The number of furan rings is 1. The molecule has 0 amide bonds. The Balaban J connectivity index is 0.920. The molecule has 288 valence electrons. The van der Waals surface area contributed by atoms with Crippen LogP contribution in [-0.2, 0) is 5.41 Å². The molecule has 0 spiro atoms. The number of fused-ring (bicyclic) bond motifs is 9. The van der Waals surface area contributed by atoms with Crippen molar-refractivity contribution in [1.82, 2.24) is 0 Å². The zero-order chi connectivity index (χ0) is 40.7. The number of benzene rings is 10. The van der Waals surface area contributed by atoms with E-state index in [0.29, 0.717) is 0 Å².